The van der Waals surface area contributed by atoms with Crippen molar-refractivity contribution in [2.45, 2.75) is 26.3 Å². The zero-order valence-electron chi connectivity index (χ0n) is 14.9. The van der Waals surface area contributed by atoms with Crippen LogP contribution >= 0.6 is 0 Å². The van der Waals surface area contributed by atoms with E-state index in [0.29, 0.717) is 35.6 Å². The summed E-state index contributed by atoms with van der Waals surface area (Å²) < 4.78 is 1.72. The molecule has 0 fully saturated rings. The van der Waals surface area contributed by atoms with Crippen LogP contribution in [0.4, 0.5) is 5.95 Å². The first kappa shape index (κ1) is 17.6. The molecule has 0 aliphatic carbocycles. The van der Waals surface area contributed by atoms with Crippen molar-refractivity contribution in [3.63, 3.8) is 0 Å². The highest BCUT2D eigenvalue weighted by molar-refractivity contribution is 5.93. The number of nitrogens with zero attached hydrogens (tertiary/aromatic N) is 4. The van der Waals surface area contributed by atoms with Crippen molar-refractivity contribution in [3.05, 3.63) is 46.6 Å². The molecule has 3 heterocycles. The normalized spacial score (nSPS) is 11.5. The Morgan fingerprint density at radius 1 is 1.27 bits per heavy atom. The third kappa shape index (κ3) is 3.71. The number of hydrogen-bond acceptors (Lipinski definition) is 6. The maximum absolute atomic E-state index is 12.2. The quantitative estimate of drug-likeness (QED) is 0.590. The van der Waals surface area contributed by atoms with Crippen LogP contribution in [0.2, 0.25) is 0 Å². The van der Waals surface area contributed by atoms with Gasteiger partial charge in [-0.15, -0.1) is 0 Å². The molecule has 9 nitrogen and oxygen atoms in total. The minimum absolute atomic E-state index is 0.206. The number of pyridine rings is 1. The van der Waals surface area contributed by atoms with Crippen LogP contribution in [0.3, 0.4) is 0 Å². The van der Waals surface area contributed by atoms with E-state index in [-0.39, 0.29) is 17.0 Å². The zero-order chi connectivity index (χ0) is 18.7. The molecule has 9 heteroatoms. The number of rotatable bonds is 5. The molecule has 3 N–H and O–H groups in total. The van der Waals surface area contributed by atoms with Gasteiger partial charge in [0.05, 0.1) is 17.3 Å². The van der Waals surface area contributed by atoms with Crippen LogP contribution < -0.4 is 16.2 Å². The maximum atomic E-state index is 12.2. The Morgan fingerprint density at radius 2 is 2.08 bits per heavy atom. The lowest BCUT2D eigenvalue weighted by molar-refractivity contribution is 0.0955. The van der Waals surface area contributed by atoms with Crippen LogP contribution in [0.25, 0.3) is 11.0 Å². The Kier molecular flexibility index (Phi) is 4.70. The third-order valence-electron chi connectivity index (χ3n) is 3.70. The van der Waals surface area contributed by atoms with Crippen LogP contribution in [0.1, 0.15) is 31.1 Å². The topological polar surface area (TPSA) is 118 Å². The van der Waals surface area contributed by atoms with E-state index in [9.17, 15) is 9.59 Å². The van der Waals surface area contributed by atoms with Crippen molar-refractivity contribution in [1.82, 2.24) is 30.0 Å². The van der Waals surface area contributed by atoms with Gasteiger partial charge in [0.15, 0.2) is 5.65 Å². The lowest BCUT2D eigenvalue weighted by Crippen LogP contribution is -2.29. The number of carbonyl (C=O) groups is 1. The average Bonchev–Trinajstić information content (AvgIpc) is 3.04. The van der Waals surface area contributed by atoms with Crippen molar-refractivity contribution in [3.8, 4) is 0 Å². The number of aromatic amines is 1. The number of carbonyl (C=O) groups excluding carboxylic acids is 1. The highest BCUT2D eigenvalue weighted by atomic mass is 16.1. The van der Waals surface area contributed by atoms with E-state index in [4.69, 9.17) is 0 Å². The molecule has 0 aliphatic rings. The summed E-state index contributed by atoms with van der Waals surface area (Å²) >= 11 is 0. The summed E-state index contributed by atoms with van der Waals surface area (Å²) in [5.41, 5.74) is 0.461. The fraction of sp³-hybridized carbons (Fsp3) is 0.353. The minimum Gasteiger partial charge on any atom is -0.354 e. The molecule has 26 heavy (non-hydrogen) atoms. The van der Waals surface area contributed by atoms with Crippen LogP contribution in [-0.2, 0) is 5.54 Å². The lowest BCUT2D eigenvalue weighted by atomic mass is 10.1. The van der Waals surface area contributed by atoms with E-state index in [2.05, 4.69) is 30.7 Å². The van der Waals surface area contributed by atoms with Crippen molar-refractivity contribution in [1.29, 1.82) is 0 Å². The van der Waals surface area contributed by atoms with Gasteiger partial charge in [-0.2, -0.15) is 10.1 Å². The number of hydrogen-bond donors (Lipinski definition) is 3. The SMILES string of the molecule is CC(C)(C)n1ncc2c(=O)[nH]c(NCCNC(=O)c3cccnc3)nc21. The van der Waals surface area contributed by atoms with E-state index >= 15 is 0 Å². The fourth-order valence-corrected chi connectivity index (χ4v) is 2.45. The van der Waals surface area contributed by atoms with Gasteiger partial charge in [-0.3, -0.25) is 19.6 Å². The molecule has 0 aliphatic heterocycles. The molecule has 0 bridgehead atoms. The molecule has 0 spiro atoms. The molecule has 3 rings (SSSR count). The smallest absolute Gasteiger partial charge is 0.263 e. The second-order valence-corrected chi connectivity index (χ2v) is 6.80. The van der Waals surface area contributed by atoms with Gasteiger partial charge in [-0.1, -0.05) is 0 Å². The van der Waals surface area contributed by atoms with Gasteiger partial charge < -0.3 is 10.6 Å². The minimum atomic E-state index is -0.294. The number of H-pyrrole nitrogens is 1. The van der Waals surface area contributed by atoms with Crippen molar-refractivity contribution < 1.29 is 4.79 Å². The summed E-state index contributed by atoms with van der Waals surface area (Å²) in [6, 6.07) is 3.39. The largest absolute Gasteiger partial charge is 0.354 e. The summed E-state index contributed by atoms with van der Waals surface area (Å²) in [6.45, 7) is 6.74. The average molecular weight is 355 g/mol. The maximum Gasteiger partial charge on any atom is 0.263 e. The second kappa shape index (κ2) is 6.95. The Labute approximate surface area is 149 Å². The highest BCUT2D eigenvalue weighted by Crippen LogP contribution is 2.18. The van der Waals surface area contributed by atoms with E-state index in [1.165, 1.54) is 12.4 Å². The summed E-state index contributed by atoms with van der Waals surface area (Å²) in [5.74, 6) is 0.131. The predicted octanol–water partition coefficient (Wildman–Crippen LogP) is 1.11. The third-order valence-corrected chi connectivity index (χ3v) is 3.70. The molecule has 0 radical (unpaired) electrons. The Balaban J connectivity index is 1.66. The molecule has 0 saturated carbocycles. The first-order chi connectivity index (χ1) is 12.4. The van der Waals surface area contributed by atoms with Crippen molar-refractivity contribution in [2.75, 3.05) is 18.4 Å². The Morgan fingerprint density at radius 3 is 2.77 bits per heavy atom. The van der Waals surface area contributed by atoms with Crippen LogP contribution in [0.15, 0.2) is 35.5 Å². The molecule has 0 unspecified atom stereocenters. The highest BCUT2D eigenvalue weighted by Gasteiger charge is 2.19. The summed E-state index contributed by atoms with van der Waals surface area (Å²) in [7, 11) is 0. The Hall–Kier alpha value is -3.23. The standard InChI is InChI=1S/C17H21N7O2/c1-17(2,3)24-13-12(10-21-24)15(26)23-16(22-13)20-8-7-19-14(25)11-5-4-6-18-9-11/h4-6,9-10H,7-8H2,1-3H3,(H,19,25)(H2,20,22,23,26). The monoisotopic (exact) mass is 355 g/mol. The fourth-order valence-electron chi connectivity index (χ4n) is 2.45. The summed E-state index contributed by atoms with van der Waals surface area (Å²) in [6.07, 6.45) is 4.63. The van der Waals surface area contributed by atoms with E-state index < -0.39 is 0 Å². The number of aromatic nitrogens is 5. The number of nitrogens with one attached hydrogen (secondary N) is 3. The van der Waals surface area contributed by atoms with Gasteiger partial charge in [-0.05, 0) is 32.9 Å². The van der Waals surface area contributed by atoms with E-state index in [1.807, 2.05) is 20.8 Å². The predicted molar refractivity (Wildman–Crippen MR) is 98.2 cm³/mol. The van der Waals surface area contributed by atoms with Crippen LogP contribution in [0.5, 0.6) is 0 Å². The summed E-state index contributed by atoms with van der Waals surface area (Å²) in [5, 5.41) is 10.5. The lowest BCUT2D eigenvalue weighted by Gasteiger charge is -2.19. The molecule has 136 valence electrons. The van der Waals surface area contributed by atoms with E-state index in [1.54, 1.807) is 23.0 Å². The Bertz CT molecular complexity index is 970. The molecular weight excluding hydrogens is 334 g/mol. The zero-order valence-corrected chi connectivity index (χ0v) is 14.9. The molecule has 3 aromatic heterocycles. The van der Waals surface area contributed by atoms with Gasteiger partial charge in [0, 0.05) is 25.5 Å². The molecule has 0 atom stereocenters. The van der Waals surface area contributed by atoms with E-state index in [0.717, 1.165) is 0 Å². The van der Waals surface area contributed by atoms with Gasteiger partial charge in [-0.25, -0.2) is 4.68 Å². The molecule has 0 saturated heterocycles. The second-order valence-electron chi connectivity index (χ2n) is 6.80. The summed E-state index contributed by atoms with van der Waals surface area (Å²) in [4.78, 5) is 35.2. The molecule has 0 aromatic carbocycles. The van der Waals surface area contributed by atoms with Crippen LogP contribution in [-0.4, -0.2) is 43.7 Å². The molecular formula is C17H21N7O2. The molecule has 1 amide bonds. The first-order valence-electron chi connectivity index (χ1n) is 8.27. The number of anilines is 1. The number of fused-ring (bicyclic) bond motifs is 1. The van der Waals surface area contributed by atoms with Gasteiger partial charge >= 0.3 is 0 Å². The van der Waals surface area contributed by atoms with Gasteiger partial charge in [0.1, 0.15) is 5.39 Å². The molecule has 3 aromatic rings. The van der Waals surface area contributed by atoms with Gasteiger partial charge in [0.2, 0.25) is 5.95 Å². The van der Waals surface area contributed by atoms with Gasteiger partial charge in [0.25, 0.3) is 11.5 Å². The van der Waals surface area contributed by atoms with Crippen LogP contribution in [0, 0.1) is 0 Å². The van der Waals surface area contributed by atoms with Crippen molar-refractivity contribution >= 4 is 22.9 Å². The number of amides is 1. The first-order valence-corrected chi connectivity index (χ1v) is 8.27. The van der Waals surface area contributed by atoms with Crippen molar-refractivity contribution in [2.24, 2.45) is 0 Å².